The number of hydrogen-bond acceptors (Lipinski definition) is 8. The first kappa shape index (κ1) is 31.4. The predicted molar refractivity (Wildman–Crippen MR) is 173 cm³/mol. The lowest BCUT2D eigenvalue weighted by atomic mass is 9.69. The second kappa shape index (κ2) is 12.4. The molecule has 1 aliphatic heterocycles. The largest absolute Gasteiger partial charge is 0.497 e. The van der Waals surface area contributed by atoms with Gasteiger partial charge in [0.15, 0.2) is 0 Å². The molecule has 3 heterocycles. The van der Waals surface area contributed by atoms with Gasteiger partial charge in [-0.25, -0.2) is 14.8 Å². The van der Waals surface area contributed by atoms with Crippen LogP contribution in [0.3, 0.4) is 0 Å². The molecule has 0 amide bonds. The number of fused-ring (bicyclic) bond motifs is 1. The van der Waals surface area contributed by atoms with Crippen molar-refractivity contribution in [1.82, 2.24) is 14.5 Å². The van der Waals surface area contributed by atoms with Crippen molar-refractivity contribution in [3.8, 4) is 23.4 Å². The minimum Gasteiger partial charge on any atom is -0.497 e. The summed E-state index contributed by atoms with van der Waals surface area (Å²) in [7, 11) is 1.45. The Morgan fingerprint density at radius 1 is 1.10 bits per heavy atom. The molecule has 248 valence electrons. The highest BCUT2D eigenvalue weighted by Gasteiger charge is 2.47. The molecule has 0 bridgehead atoms. The molecule has 1 N–H and O–H groups in total. The number of nitriles is 1. The van der Waals surface area contributed by atoms with Gasteiger partial charge in [0.2, 0.25) is 11.8 Å². The number of carboxylic acid groups (broad SMARTS) is 1. The Labute approximate surface area is 276 Å². The second-order valence-electron chi connectivity index (χ2n) is 13.1. The summed E-state index contributed by atoms with van der Waals surface area (Å²) in [5, 5.41) is 19.1. The van der Waals surface area contributed by atoms with Gasteiger partial charge in [0.05, 0.1) is 35.5 Å². The lowest BCUT2D eigenvalue weighted by molar-refractivity contribution is -0.0509. The molecule has 2 aromatic heterocycles. The molecule has 1 saturated heterocycles. The molecule has 0 unspecified atom stereocenters. The molecule has 10 nitrogen and oxygen atoms in total. The summed E-state index contributed by atoms with van der Waals surface area (Å²) < 4.78 is 43.8. The predicted octanol–water partition coefficient (Wildman–Crippen LogP) is 7.09. The van der Waals surface area contributed by atoms with Crippen LogP contribution in [0.4, 0.5) is 14.7 Å². The van der Waals surface area contributed by atoms with Crippen LogP contribution in [0.5, 0.6) is 17.4 Å². The van der Waals surface area contributed by atoms with Gasteiger partial charge in [-0.2, -0.15) is 14.0 Å². The average molecular weight is 656 g/mol. The number of halogens is 2. The van der Waals surface area contributed by atoms with Crippen LogP contribution in [-0.2, 0) is 13.2 Å². The fourth-order valence-electron chi connectivity index (χ4n) is 6.89. The molecule has 0 radical (unpaired) electrons. The Morgan fingerprint density at radius 2 is 1.94 bits per heavy atom. The van der Waals surface area contributed by atoms with Crippen LogP contribution in [0.2, 0.25) is 0 Å². The smallest absolute Gasteiger partial charge is 0.387 e. The van der Waals surface area contributed by atoms with Crippen molar-refractivity contribution in [1.29, 1.82) is 5.26 Å². The van der Waals surface area contributed by atoms with Crippen molar-refractivity contribution >= 4 is 28.5 Å². The molecule has 2 fully saturated rings. The minimum atomic E-state index is -2.97. The van der Waals surface area contributed by atoms with Crippen LogP contribution >= 0.6 is 0 Å². The molecular weight excluding hydrogens is 620 g/mol. The van der Waals surface area contributed by atoms with Crippen molar-refractivity contribution in [3.05, 3.63) is 77.5 Å². The normalized spacial score (nSPS) is 17.5. The number of rotatable bonds is 12. The summed E-state index contributed by atoms with van der Waals surface area (Å²) in [5.74, 6) is 0.640. The van der Waals surface area contributed by atoms with Crippen LogP contribution < -0.4 is 19.1 Å². The van der Waals surface area contributed by atoms with Gasteiger partial charge < -0.3 is 28.8 Å². The third-order valence-electron chi connectivity index (χ3n) is 9.84. The number of alkyl halides is 2. The summed E-state index contributed by atoms with van der Waals surface area (Å²) in [6.07, 6.45) is 7.38. The third-order valence-corrected chi connectivity index (χ3v) is 9.84. The van der Waals surface area contributed by atoms with E-state index in [1.807, 2.05) is 12.1 Å². The Kier molecular flexibility index (Phi) is 8.15. The maximum atomic E-state index is 13.0. The summed E-state index contributed by atoms with van der Waals surface area (Å²) >= 11 is 0. The fraction of sp³-hybridized carbons (Fsp3) is 0.389. The SMILES string of the molecule is COc1ccc(COc2cccc(C3=CCC4(CC3)CN(c3nc5ccc(C(=O)O)cc5n3CC3(CC#N)CC3)C4)n2)c(OC(F)F)c1. The van der Waals surface area contributed by atoms with E-state index in [9.17, 15) is 23.9 Å². The first-order valence-corrected chi connectivity index (χ1v) is 16.0. The molecule has 48 heavy (non-hydrogen) atoms. The van der Waals surface area contributed by atoms with Crippen molar-refractivity contribution in [2.45, 2.75) is 58.3 Å². The average Bonchev–Trinajstić information content (AvgIpc) is 3.74. The van der Waals surface area contributed by atoms with Crippen molar-refractivity contribution in [2.75, 3.05) is 25.1 Å². The zero-order valence-electron chi connectivity index (χ0n) is 26.5. The highest BCUT2D eigenvalue weighted by molar-refractivity contribution is 5.93. The summed E-state index contributed by atoms with van der Waals surface area (Å²) in [6, 6.07) is 17.6. The number of hydrogen-bond donors (Lipinski definition) is 1. The molecule has 7 rings (SSSR count). The summed E-state index contributed by atoms with van der Waals surface area (Å²) in [6.45, 7) is -0.664. The first-order valence-electron chi connectivity index (χ1n) is 16.0. The topological polar surface area (TPSA) is 123 Å². The molecule has 3 aliphatic rings. The highest BCUT2D eigenvalue weighted by Crippen LogP contribution is 2.52. The van der Waals surface area contributed by atoms with Crippen molar-refractivity contribution in [2.24, 2.45) is 10.8 Å². The standard InChI is InChI=1S/C36H35F2N5O5/c1-46-26-7-5-25(30(18-26)48-33(37)38)19-47-31-4-2-3-27(40-31)23-9-11-36(12-10-23)20-42(21-36)34-41-28-8-6-24(32(44)45)17-29(28)43(34)22-35(13-14-35)15-16-39/h2-9,17-18,33H,10-15,19-22H2,1H3,(H,44,45). The van der Waals surface area contributed by atoms with E-state index in [0.717, 1.165) is 73.4 Å². The fourth-order valence-corrected chi connectivity index (χ4v) is 6.89. The molecule has 2 aromatic carbocycles. The number of allylic oxidation sites excluding steroid dienone is 2. The number of imidazole rings is 1. The molecule has 0 atom stereocenters. The number of carbonyl (C=O) groups is 1. The highest BCUT2D eigenvalue weighted by atomic mass is 19.3. The van der Waals surface area contributed by atoms with E-state index in [2.05, 4.69) is 26.3 Å². The number of aromatic nitrogens is 3. The molecule has 12 heteroatoms. The van der Waals surface area contributed by atoms with Gasteiger partial charge >= 0.3 is 12.6 Å². The summed E-state index contributed by atoms with van der Waals surface area (Å²) in [5.41, 5.74) is 4.20. The van der Waals surface area contributed by atoms with Gasteiger partial charge in [-0.15, -0.1) is 0 Å². The third kappa shape index (κ3) is 6.24. The van der Waals surface area contributed by atoms with Crippen LogP contribution in [-0.4, -0.2) is 52.4 Å². The van der Waals surface area contributed by atoms with Gasteiger partial charge in [0.1, 0.15) is 18.1 Å². The molecular formula is C36H35F2N5O5. The van der Waals surface area contributed by atoms with Crippen LogP contribution in [0.15, 0.2) is 60.7 Å². The number of aromatic carboxylic acids is 1. The molecule has 1 saturated carbocycles. The zero-order chi connectivity index (χ0) is 33.5. The van der Waals surface area contributed by atoms with Crippen LogP contribution in [0.25, 0.3) is 16.6 Å². The van der Waals surface area contributed by atoms with E-state index in [1.54, 1.807) is 36.4 Å². The van der Waals surface area contributed by atoms with E-state index in [4.69, 9.17) is 19.4 Å². The Hall–Kier alpha value is -5.18. The quantitative estimate of drug-likeness (QED) is 0.170. The first-order chi connectivity index (χ1) is 23.2. The zero-order valence-corrected chi connectivity index (χ0v) is 26.5. The number of anilines is 1. The monoisotopic (exact) mass is 655 g/mol. The Balaban J connectivity index is 1.04. The molecule has 2 aliphatic carbocycles. The van der Waals surface area contributed by atoms with Crippen molar-refractivity contribution in [3.63, 3.8) is 0 Å². The van der Waals surface area contributed by atoms with Gasteiger partial charge in [0.25, 0.3) is 0 Å². The van der Waals surface area contributed by atoms with Gasteiger partial charge in [-0.1, -0.05) is 12.1 Å². The van der Waals surface area contributed by atoms with E-state index in [-0.39, 0.29) is 28.7 Å². The maximum absolute atomic E-state index is 13.0. The van der Waals surface area contributed by atoms with Crippen LogP contribution in [0.1, 0.15) is 60.1 Å². The number of pyridine rings is 1. The van der Waals surface area contributed by atoms with Gasteiger partial charge in [-0.05, 0) is 74.1 Å². The van der Waals surface area contributed by atoms with Crippen molar-refractivity contribution < 1.29 is 32.9 Å². The van der Waals surface area contributed by atoms with E-state index in [0.29, 0.717) is 30.2 Å². The second-order valence-corrected chi connectivity index (χ2v) is 13.1. The maximum Gasteiger partial charge on any atom is 0.387 e. The number of nitrogens with zero attached hydrogens (tertiary/aromatic N) is 5. The van der Waals surface area contributed by atoms with E-state index >= 15 is 0 Å². The van der Waals surface area contributed by atoms with E-state index in [1.165, 1.54) is 13.2 Å². The number of carboxylic acids is 1. The number of methoxy groups -OCH3 is 1. The Bertz CT molecular complexity index is 1940. The number of ether oxygens (including phenoxy) is 3. The number of benzene rings is 2. The summed E-state index contributed by atoms with van der Waals surface area (Å²) in [4.78, 5) is 23.7. The molecule has 4 aromatic rings. The van der Waals surface area contributed by atoms with Gasteiger partial charge in [0, 0.05) is 54.6 Å². The van der Waals surface area contributed by atoms with Gasteiger partial charge in [-0.3, -0.25) is 0 Å². The van der Waals surface area contributed by atoms with Crippen LogP contribution in [0, 0.1) is 22.2 Å². The molecule has 1 spiro atoms. The minimum absolute atomic E-state index is 0.000515. The van der Waals surface area contributed by atoms with E-state index < -0.39 is 12.6 Å². The Morgan fingerprint density at radius 3 is 2.62 bits per heavy atom. The lowest BCUT2D eigenvalue weighted by Gasteiger charge is -2.52. The lowest BCUT2D eigenvalue weighted by Crippen LogP contribution is -2.57.